The predicted molar refractivity (Wildman–Crippen MR) is 235 cm³/mol. The molecular formula is C43H39ClF10N8O7S2. The number of carbonyl (C=O) groups is 2. The van der Waals surface area contributed by atoms with Crippen molar-refractivity contribution in [3.05, 3.63) is 93.0 Å². The molecule has 0 bridgehead atoms. The molecule has 7 rings (SSSR count). The van der Waals surface area contributed by atoms with E-state index in [0.29, 0.717) is 21.3 Å². The van der Waals surface area contributed by atoms with Crippen LogP contribution in [0.1, 0.15) is 73.1 Å². The van der Waals surface area contributed by atoms with Crippen LogP contribution in [0.4, 0.5) is 49.7 Å². The highest BCUT2D eigenvalue weighted by atomic mass is 35.5. The van der Waals surface area contributed by atoms with Crippen molar-refractivity contribution < 1.29 is 75.1 Å². The van der Waals surface area contributed by atoms with Crippen molar-refractivity contribution in [2.24, 2.45) is 11.7 Å². The van der Waals surface area contributed by atoms with Crippen LogP contribution in [-0.2, 0) is 65.8 Å². The molecule has 0 unspecified atom stereocenters. The first kappa shape index (κ1) is 52.8. The minimum absolute atomic E-state index is 0.195. The number of anilines is 1. The van der Waals surface area contributed by atoms with E-state index in [0.717, 1.165) is 36.6 Å². The molecule has 5 aromatic rings. The molecule has 28 heteroatoms. The third kappa shape index (κ3) is 10.8. The summed E-state index contributed by atoms with van der Waals surface area (Å²) in [6.07, 6.45) is -9.79. The fourth-order valence-corrected chi connectivity index (χ4v) is 9.16. The van der Waals surface area contributed by atoms with Gasteiger partial charge >= 0.3 is 18.3 Å². The minimum Gasteiger partial charge on any atom is -0.442 e. The van der Waals surface area contributed by atoms with Crippen molar-refractivity contribution in [2.45, 2.75) is 87.7 Å². The molecule has 2 aliphatic carbocycles. The summed E-state index contributed by atoms with van der Waals surface area (Å²) in [5.74, 6) is -6.95. The monoisotopic (exact) mass is 1070 g/mol. The Balaban J connectivity index is 1.48. The average molecular weight is 1070 g/mol. The number of fused-ring (bicyclic) bond motifs is 4. The van der Waals surface area contributed by atoms with Gasteiger partial charge in [-0.05, 0) is 81.3 Å². The number of pyridine rings is 1. The van der Waals surface area contributed by atoms with E-state index in [1.807, 2.05) is 0 Å². The van der Waals surface area contributed by atoms with Crippen LogP contribution < -0.4 is 15.4 Å². The molecule has 3 N–H and O–H groups in total. The molecule has 4 atom stereocenters. The Bertz CT molecular complexity index is 3270. The Kier molecular flexibility index (Phi) is 13.6. The van der Waals surface area contributed by atoms with Crippen molar-refractivity contribution in [1.82, 2.24) is 29.9 Å². The average Bonchev–Trinajstić information content (AvgIpc) is 3.73. The maximum absolute atomic E-state index is 15.6. The molecule has 1 amide bonds. The molecule has 3 aromatic heterocycles. The summed E-state index contributed by atoms with van der Waals surface area (Å²) >= 11 is 6.62. The van der Waals surface area contributed by atoms with Crippen LogP contribution in [-0.4, -0.2) is 89.5 Å². The van der Waals surface area contributed by atoms with Crippen molar-refractivity contribution >= 4 is 60.1 Å². The van der Waals surface area contributed by atoms with Gasteiger partial charge in [-0.2, -0.15) is 45.3 Å². The highest BCUT2D eigenvalue weighted by Crippen LogP contribution is 2.68. The molecule has 0 saturated heterocycles. The zero-order chi connectivity index (χ0) is 52.7. The maximum atomic E-state index is 15.6. The van der Waals surface area contributed by atoms with Gasteiger partial charge in [-0.25, -0.2) is 34.9 Å². The van der Waals surface area contributed by atoms with Crippen molar-refractivity contribution in [3.8, 4) is 23.0 Å². The lowest BCUT2D eigenvalue weighted by Crippen LogP contribution is -2.37. The Labute approximate surface area is 402 Å². The number of hydrogen-bond acceptors (Lipinski definition) is 11. The lowest BCUT2D eigenvalue weighted by atomic mass is 9.93. The molecule has 2 aromatic carbocycles. The molecule has 0 radical (unpaired) electrons. The van der Waals surface area contributed by atoms with E-state index >= 15 is 8.78 Å². The second-order valence-electron chi connectivity index (χ2n) is 17.5. The van der Waals surface area contributed by atoms with Crippen molar-refractivity contribution in [3.63, 3.8) is 0 Å². The van der Waals surface area contributed by atoms with Gasteiger partial charge in [0, 0.05) is 34.9 Å². The zero-order valence-electron chi connectivity index (χ0n) is 37.5. The quantitative estimate of drug-likeness (QED) is 0.0507. The first-order valence-corrected chi connectivity index (χ1v) is 24.9. The van der Waals surface area contributed by atoms with E-state index in [-0.39, 0.29) is 33.5 Å². The summed E-state index contributed by atoms with van der Waals surface area (Å²) in [5.41, 5.74) is -0.172. The van der Waals surface area contributed by atoms with E-state index in [4.69, 9.17) is 22.1 Å². The van der Waals surface area contributed by atoms with Crippen LogP contribution in [0, 0.1) is 29.4 Å². The number of nitrogens with one attached hydrogen (secondary N) is 1. The smallest absolute Gasteiger partial charge is 0.435 e. The van der Waals surface area contributed by atoms with E-state index in [1.165, 1.54) is 26.8 Å². The number of nitrogens with zero attached hydrogens (tertiary/aromatic N) is 6. The largest absolute Gasteiger partial charge is 0.442 e. The standard InChI is InChI=1S/C43H39ClF10N8O7S2/c1-20(55)39(64)69-19-62(71(5,67)68)38-33-29(44)9-8-26(35(33)61(59-38)18-41(47,48)49)25-7-6-24(10-11-40(2,3)70(4,65)66)56-34(25)30(14-21-12-22(45)15-23(46)13-21)57-31(63)17-60-37-32(36(58-60)43(52,53)54)27-16-28(27)42(37,50)51/h6-9,12-13,15,20,27-28,30H,14,16-19,55H2,1-5H3,(H,57,63)/t20-,27+,28-,30+/m1/s1. The zero-order valence-corrected chi connectivity index (χ0v) is 39.9. The third-order valence-corrected chi connectivity index (χ3v) is 15.0. The third-order valence-electron chi connectivity index (χ3n) is 11.6. The number of hydrogen-bond donors (Lipinski definition) is 2. The fraction of sp³-hybridized carbons (Fsp3) is 0.419. The van der Waals surface area contributed by atoms with Crippen molar-refractivity contribution in [1.29, 1.82) is 0 Å². The molecule has 2 aliphatic rings. The van der Waals surface area contributed by atoms with Gasteiger partial charge in [0.2, 0.25) is 15.9 Å². The van der Waals surface area contributed by atoms with Crippen molar-refractivity contribution in [2.75, 3.05) is 23.5 Å². The summed E-state index contributed by atoms with van der Waals surface area (Å²) in [4.78, 5) is 31.0. The van der Waals surface area contributed by atoms with Crippen LogP contribution >= 0.6 is 11.6 Å². The first-order valence-electron chi connectivity index (χ1n) is 20.8. The van der Waals surface area contributed by atoms with E-state index in [9.17, 15) is 61.5 Å². The number of halogens is 11. The van der Waals surface area contributed by atoms with E-state index in [1.54, 1.807) is 0 Å². The number of nitrogens with two attached hydrogens (primary N) is 1. The normalized spacial score (nSPS) is 17.5. The Morgan fingerprint density at radius 3 is 2.20 bits per heavy atom. The number of alkyl halides is 8. The summed E-state index contributed by atoms with van der Waals surface area (Å²) in [7, 11) is -8.51. The number of benzene rings is 2. The lowest BCUT2D eigenvalue weighted by Gasteiger charge is -2.23. The second-order valence-corrected chi connectivity index (χ2v) is 22.4. The number of ether oxygens (including phenoxy) is 1. The molecule has 0 spiro atoms. The van der Waals surface area contributed by atoms with Crippen LogP contribution in [0.15, 0.2) is 42.5 Å². The topological polar surface area (TPSA) is 201 Å². The van der Waals surface area contributed by atoms with E-state index < -0.39 is 161 Å². The summed E-state index contributed by atoms with van der Waals surface area (Å²) < 4.78 is 202. The fourth-order valence-electron chi connectivity index (χ4n) is 8.00. The van der Waals surface area contributed by atoms with Crippen LogP contribution in [0.3, 0.4) is 0 Å². The number of sulfone groups is 1. The SMILES string of the molecule is C[C@@H](N)C(=O)OCN(c1nn(CC(F)(F)F)c2c(-c3ccc(C#CC(C)(C)S(C)(=O)=O)nc3[C@H](Cc3cc(F)cc(F)c3)NC(=O)Cn3nc(C(F)(F)F)c4c3C(F)(F)[C@@H]3C[C@H]43)ccc(Cl)c12)S(C)(=O)=O. The Morgan fingerprint density at radius 2 is 1.62 bits per heavy atom. The summed E-state index contributed by atoms with van der Waals surface area (Å²) in [5, 5.41) is 8.85. The highest BCUT2D eigenvalue weighted by Gasteiger charge is 2.68. The molecule has 71 heavy (non-hydrogen) atoms. The van der Waals surface area contributed by atoms with Gasteiger partial charge in [0.25, 0.3) is 5.92 Å². The molecule has 1 saturated carbocycles. The summed E-state index contributed by atoms with van der Waals surface area (Å²) in [6.45, 7) is -0.720. The molecular weight excluding hydrogens is 1030 g/mol. The number of aromatic nitrogens is 5. The number of amides is 1. The molecule has 1 fully saturated rings. The molecule has 382 valence electrons. The first-order chi connectivity index (χ1) is 32.6. The van der Waals surface area contributed by atoms with Crippen LogP contribution in [0.25, 0.3) is 22.0 Å². The number of esters is 1. The Hall–Kier alpha value is -5.98. The lowest BCUT2D eigenvalue weighted by molar-refractivity contribution is -0.144. The predicted octanol–water partition coefficient (Wildman–Crippen LogP) is 6.91. The van der Waals surface area contributed by atoms with E-state index in [2.05, 4.69) is 32.3 Å². The van der Waals surface area contributed by atoms with Gasteiger partial charge in [0.1, 0.15) is 46.9 Å². The minimum atomic E-state index is -5.22. The van der Waals surface area contributed by atoms with Gasteiger partial charge in [0.15, 0.2) is 28.1 Å². The number of sulfonamides is 1. The second kappa shape index (κ2) is 18.3. The number of rotatable bonds is 14. The van der Waals surface area contributed by atoms with Gasteiger partial charge in [-0.1, -0.05) is 23.6 Å². The van der Waals surface area contributed by atoms with Gasteiger partial charge in [-0.3, -0.25) is 19.0 Å². The maximum Gasteiger partial charge on any atom is 0.435 e. The summed E-state index contributed by atoms with van der Waals surface area (Å²) in [6, 6.07) is 3.59. The highest BCUT2D eigenvalue weighted by molar-refractivity contribution is 7.92. The van der Waals surface area contributed by atoms with Gasteiger partial charge in [-0.15, -0.1) is 0 Å². The van der Waals surface area contributed by atoms with Crippen LogP contribution in [0.5, 0.6) is 0 Å². The van der Waals surface area contributed by atoms with Gasteiger partial charge in [0.05, 0.1) is 33.9 Å². The van der Waals surface area contributed by atoms with Crippen LogP contribution in [0.2, 0.25) is 5.02 Å². The number of carbonyl (C=O) groups excluding carboxylic acids is 2. The molecule has 0 aliphatic heterocycles. The molecule has 15 nitrogen and oxygen atoms in total. The molecule has 3 heterocycles. The Morgan fingerprint density at radius 1 is 0.986 bits per heavy atom. The van der Waals surface area contributed by atoms with Gasteiger partial charge < -0.3 is 15.8 Å².